The van der Waals surface area contributed by atoms with Gasteiger partial charge in [-0.15, -0.1) is 10.2 Å². The van der Waals surface area contributed by atoms with E-state index in [0.717, 1.165) is 11.4 Å². The molecule has 14 heavy (non-hydrogen) atoms. The smallest absolute Gasteiger partial charge is 0.152 e. The molecule has 1 heterocycles. The van der Waals surface area contributed by atoms with Gasteiger partial charge in [0, 0.05) is 0 Å². The number of hydrogen-bond donors (Lipinski definition) is 1. The second kappa shape index (κ2) is 4.57. The molecular weight excluding hydrogens is 200 g/mol. The van der Waals surface area contributed by atoms with Gasteiger partial charge in [-0.2, -0.15) is 0 Å². The van der Waals surface area contributed by atoms with E-state index in [1.165, 1.54) is 0 Å². The van der Waals surface area contributed by atoms with E-state index in [1.807, 2.05) is 21.0 Å². The Balaban J connectivity index is 2.77. The lowest BCUT2D eigenvalue weighted by Gasteiger charge is -2.22. The quantitative estimate of drug-likeness (QED) is 0.779. The zero-order valence-electron chi connectivity index (χ0n) is 8.87. The highest BCUT2D eigenvalue weighted by Crippen LogP contribution is 2.14. The molecule has 1 N–H and O–H groups in total. The molecular formula is C9H15ClN4. The molecule has 0 aliphatic carbocycles. The van der Waals surface area contributed by atoms with Crippen LogP contribution >= 0.6 is 11.6 Å². The lowest BCUT2D eigenvalue weighted by Crippen LogP contribution is -2.32. The number of nitrogens with one attached hydrogen (secondary N) is 1. The average molecular weight is 215 g/mol. The standard InChI is InChI=1S/C9H15ClN4/c1-6-5-8(10)12-13-9(6)11-7(2)14(3)4/h5,7H,1-4H3,(H,11,13). The summed E-state index contributed by atoms with van der Waals surface area (Å²) < 4.78 is 0. The lowest BCUT2D eigenvalue weighted by atomic mass is 10.3. The normalized spacial score (nSPS) is 13.0. The van der Waals surface area contributed by atoms with E-state index in [1.54, 1.807) is 6.07 Å². The van der Waals surface area contributed by atoms with Crippen molar-refractivity contribution in [2.45, 2.75) is 20.0 Å². The molecule has 0 aliphatic rings. The van der Waals surface area contributed by atoms with Gasteiger partial charge in [0.05, 0.1) is 6.17 Å². The van der Waals surface area contributed by atoms with E-state index in [0.29, 0.717) is 5.15 Å². The van der Waals surface area contributed by atoms with Crippen molar-refractivity contribution in [3.8, 4) is 0 Å². The van der Waals surface area contributed by atoms with Crippen molar-refractivity contribution in [2.24, 2.45) is 0 Å². The molecule has 1 rings (SSSR count). The molecule has 0 aliphatic heterocycles. The number of aryl methyl sites for hydroxylation is 1. The fourth-order valence-corrected chi connectivity index (χ4v) is 1.12. The Kier molecular flexibility index (Phi) is 3.66. The van der Waals surface area contributed by atoms with Crippen molar-refractivity contribution in [3.63, 3.8) is 0 Å². The van der Waals surface area contributed by atoms with E-state index < -0.39 is 0 Å². The lowest BCUT2D eigenvalue weighted by molar-refractivity contribution is 0.342. The molecule has 1 atom stereocenters. The van der Waals surface area contributed by atoms with Gasteiger partial charge in [0.25, 0.3) is 0 Å². The summed E-state index contributed by atoms with van der Waals surface area (Å²) in [6, 6.07) is 1.79. The van der Waals surface area contributed by atoms with Crippen LogP contribution in [0.25, 0.3) is 0 Å². The molecule has 1 aromatic heterocycles. The monoisotopic (exact) mass is 214 g/mol. The van der Waals surface area contributed by atoms with Crippen molar-refractivity contribution in [2.75, 3.05) is 19.4 Å². The first-order valence-electron chi connectivity index (χ1n) is 4.43. The molecule has 0 amide bonds. The zero-order valence-corrected chi connectivity index (χ0v) is 9.63. The van der Waals surface area contributed by atoms with Crippen molar-refractivity contribution >= 4 is 17.4 Å². The Morgan fingerprint density at radius 3 is 2.57 bits per heavy atom. The van der Waals surface area contributed by atoms with Gasteiger partial charge in [-0.3, -0.25) is 4.90 Å². The minimum Gasteiger partial charge on any atom is -0.353 e. The predicted molar refractivity (Wildman–Crippen MR) is 58.6 cm³/mol. The highest BCUT2D eigenvalue weighted by Gasteiger charge is 2.07. The van der Waals surface area contributed by atoms with Crippen molar-refractivity contribution in [1.82, 2.24) is 15.1 Å². The molecule has 0 radical (unpaired) electrons. The summed E-state index contributed by atoms with van der Waals surface area (Å²) in [5, 5.41) is 11.4. The minimum atomic E-state index is 0.212. The Hall–Kier alpha value is -0.870. The van der Waals surface area contributed by atoms with Crippen LogP contribution in [0.4, 0.5) is 5.82 Å². The number of nitrogens with zero attached hydrogens (tertiary/aromatic N) is 3. The first-order chi connectivity index (χ1) is 6.50. The molecule has 1 aromatic rings. The molecule has 0 saturated heterocycles. The third-order valence-electron chi connectivity index (χ3n) is 2.07. The molecule has 0 bridgehead atoms. The summed E-state index contributed by atoms with van der Waals surface area (Å²) in [5.74, 6) is 0.774. The van der Waals surface area contributed by atoms with Crippen molar-refractivity contribution in [1.29, 1.82) is 0 Å². The fourth-order valence-electron chi connectivity index (χ4n) is 0.922. The molecule has 1 unspecified atom stereocenters. The van der Waals surface area contributed by atoms with Gasteiger partial charge in [0.1, 0.15) is 0 Å². The van der Waals surface area contributed by atoms with Crippen LogP contribution in [-0.2, 0) is 0 Å². The molecule has 0 fully saturated rings. The van der Waals surface area contributed by atoms with Crippen molar-refractivity contribution in [3.05, 3.63) is 16.8 Å². The van der Waals surface area contributed by atoms with Crippen LogP contribution in [0.15, 0.2) is 6.07 Å². The van der Waals surface area contributed by atoms with Gasteiger partial charge in [0.15, 0.2) is 11.0 Å². The summed E-state index contributed by atoms with van der Waals surface area (Å²) in [7, 11) is 3.99. The van der Waals surface area contributed by atoms with Crippen LogP contribution in [0.1, 0.15) is 12.5 Å². The SMILES string of the molecule is Cc1cc(Cl)nnc1NC(C)N(C)C. The van der Waals surface area contributed by atoms with E-state index in [9.17, 15) is 0 Å². The second-order valence-corrected chi connectivity index (χ2v) is 3.87. The van der Waals surface area contributed by atoms with Gasteiger partial charge < -0.3 is 5.32 Å². The van der Waals surface area contributed by atoms with Crippen molar-refractivity contribution < 1.29 is 0 Å². The van der Waals surface area contributed by atoms with Crippen LogP contribution in [0.5, 0.6) is 0 Å². The Morgan fingerprint density at radius 1 is 1.43 bits per heavy atom. The van der Waals surface area contributed by atoms with Crippen LogP contribution in [-0.4, -0.2) is 35.4 Å². The molecule has 0 saturated carbocycles. The number of rotatable bonds is 3. The Labute approximate surface area is 89.3 Å². The van der Waals surface area contributed by atoms with E-state index in [4.69, 9.17) is 11.6 Å². The first kappa shape index (κ1) is 11.2. The number of aromatic nitrogens is 2. The Morgan fingerprint density at radius 2 is 2.07 bits per heavy atom. The zero-order chi connectivity index (χ0) is 10.7. The summed E-state index contributed by atoms with van der Waals surface area (Å²) in [4.78, 5) is 2.05. The average Bonchev–Trinajstić information content (AvgIpc) is 2.09. The third kappa shape index (κ3) is 2.82. The fraction of sp³-hybridized carbons (Fsp3) is 0.556. The van der Waals surface area contributed by atoms with Gasteiger partial charge >= 0.3 is 0 Å². The molecule has 0 aromatic carbocycles. The van der Waals surface area contributed by atoms with Gasteiger partial charge in [-0.1, -0.05) is 11.6 Å². The van der Waals surface area contributed by atoms with Crippen LogP contribution in [0.3, 0.4) is 0 Å². The number of hydrogen-bond acceptors (Lipinski definition) is 4. The summed E-state index contributed by atoms with van der Waals surface area (Å²) in [6.07, 6.45) is 0.212. The van der Waals surface area contributed by atoms with Crippen LogP contribution < -0.4 is 5.32 Å². The molecule has 78 valence electrons. The topological polar surface area (TPSA) is 41.1 Å². The maximum atomic E-state index is 5.70. The first-order valence-corrected chi connectivity index (χ1v) is 4.81. The molecule has 4 nitrogen and oxygen atoms in total. The van der Waals surface area contributed by atoms with E-state index in [-0.39, 0.29) is 6.17 Å². The molecule has 0 spiro atoms. The Bertz CT molecular complexity index is 314. The van der Waals surface area contributed by atoms with Crippen LogP contribution in [0.2, 0.25) is 5.15 Å². The van der Waals surface area contributed by atoms with E-state index >= 15 is 0 Å². The highest BCUT2D eigenvalue weighted by molar-refractivity contribution is 6.29. The summed E-state index contributed by atoms with van der Waals surface area (Å²) in [5.41, 5.74) is 0.999. The van der Waals surface area contributed by atoms with Gasteiger partial charge in [-0.05, 0) is 39.6 Å². The summed E-state index contributed by atoms with van der Waals surface area (Å²) in [6.45, 7) is 4.00. The number of halogens is 1. The second-order valence-electron chi connectivity index (χ2n) is 3.48. The predicted octanol–water partition coefficient (Wildman–Crippen LogP) is 1.76. The summed E-state index contributed by atoms with van der Waals surface area (Å²) >= 11 is 5.70. The van der Waals surface area contributed by atoms with Gasteiger partial charge in [0.2, 0.25) is 0 Å². The minimum absolute atomic E-state index is 0.212. The number of anilines is 1. The largest absolute Gasteiger partial charge is 0.353 e. The maximum Gasteiger partial charge on any atom is 0.152 e. The molecule has 5 heteroatoms. The highest BCUT2D eigenvalue weighted by atomic mass is 35.5. The maximum absolute atomic E-state index is 5.70. The van der Waals surface area contributed by atoms with E-state index in [2.05, 4.69) is 27.3 Å². The van der Waals surface area contributed by atoms with Gasteiger partial charge in [-0.25, -0.2) is 0 Å². The third-order valence-corrected chi connectivity index (χ3v) is 2.26. The van der Waals surface area contributed by atoms with Crippen LogP contribution in [0, 0.1) is 6.92 Å².